The fourth-order valence-corrected chi connectivity index (χ4v) is 3.85. The Morgan fingerprint density at radius 3 is 2.60 bits per heavy atom. The topological polar surface area (TPSA) is 20.2 Å². The lowest BCUT2D eigenvalue weighted by Crippen LogP contribution is -2.14. The van der Waals surface area contributed by atoms with E-state index in [9.17, 15) is 5.11 Å². The fourth-order valence-electron chi connectivity index (χ4n) is 2.31. The lowest BCUT2D eigenvalue weighted by molar-refractivity contribution is 0.150. The third-order valence-electron chi connectivity index (χ3n) is 3.17. The van der Waals surface area contributed by atoms with Crippen molar-refractivity contribution < 1.29 is 5.11 Å². The Kier molecular flexibility index (Phi) is 3.25. The van der Waals surface area contributed by atoms with E-state index < -0.39 is 0 Å². The Morgan fingerprint density at radius 1 is 1.27 bits per heavy atom. The third kappa shape index (κ3) is 1.90. The van der Waals surface area contributed by atoms with Crippen LogP contribution in [0.5, 0.6) is 0 Å². The molecule has 1 aliphatic carbocycles. The van der Waals surface area contributed by atoms with Gasteiger partial charge in [-0.05, 0) is 48.4 Å². The van der Waals surface area contributed by atoms with E-state index in [1.807, 2.05) is 0 Å². The molecule has 0 fully saturated rings. The molecule has 15 heavy (non-hydrogen) atoms. The van der Waals surface area contributed by atoms with Gasteiger partial charge in [-0.25, -0.2) is 0 Å². The molecule has 0 heterocycles. The summed E-state index contributed by atoms with van der Waals surface area (Å²) in [6.45, 7) is 4.28. The van der Waals surface area contributed by atoms with Crippen LogP contribution in [0.25, 0.3) is 0 Å². The van der Waals surface area contributed by atoms with Crippen molar-refractivity contribution in [1.29, 1.82) is 0 Å². The van der Waals surface area contributed by atoms with Crippen molar-refractivity contribution in [2.24, 2.45) is 0 Å². The highest BCUT2D eigenvalue weighted by Gasteiger charge is 2.28. The van der Waals surface area contributed by atoms with E-state index in [4.69, 9.17) is 0 Å². The van der Waals surface area contributed by atoms with E-state index in [2.05, 4.69) is 51.8 Å². The summed E-state index contributed by atoms with van der Waals surface area (Å²) in [5.74, 6) is 0.523. The minimum atomic E-state index is -0.318. The molecule has 0 bridgehead atoms. The summed E-state index contributed by atoms with van der Waals surface area (Å²) >= 11 is 7.19. The lowest BCUT2D eigenvalue weighted by atomic mass is 9.81. The number of aryl methyl sites for hydroxylation is 1. The highest BCUT2D eigenvalue weighted by atomic mass is 79.9. The number of benzene rings is 1. The van der Waals surface area contributed by atoms with Crippen LogP contribution in [0.15, 0.2) is 15.0 Å². The number of hydrogen-bond donors (Lipinski definition) is 1. The van der Waals surface area contributed by atoms with Crippen LogP contribution in [0.1, 0.15) is 48.5 Å². The molecule has 1 unspecified atom stereocenters. The molecule has 0 saturated carbocycles. The summed E-state index contributed by atoms with van der Waals surface area (Å²) in [7, 11) is 0. The molecular weight excluding hydrogens is 320 g/mol. The monoisotopic (exact) mass is 332 g/mol. The lowest BCUT2D eigenvalue weighted by Gasteiger charge is -2.29. The van der Waals surface area contributed by atoms with E-state index in [1.54, 1.807) is 0 Å². The first-order chi connectivity index (χ1) is 7.02. The van der Waals surface area contributed by atoms with Crippen molar-refractivity contribution in [2.45, 2.75) is 38.7 Å². The fraction of sp³-hybridized carbons (Fsp3) is 0.500. The predicted octanol–water partition coefficient (Wildman–Crippen LogP) is 4.45. The van der Waals surface area contributed by atoms with Gasteiger partial charge in [0.15, 0.2) is 0 Å². The Labute approximate surface area is 107 Å². The first-order valence-corrected chi connectivity index (χ1v) is 6.77. The van der Waals surface area contributed by atoms with Crippen molar-refractivity contribution in [2.75, 3.05) is 0 Å². The Bertz CT molecular complexity index is 401. The second-order valence-electron chi connectivity index (χ2n) is 4.31. The molecule has 2 rings (SSSR count). The average Bonchev–Trinajstić information content (AvgIpc) is 2.18. The van der Waals surface area contributed by atoms with E-state index in [-0.39, 0.29) is 6.10 Å². The van der Waals surface area contributed by atoms with Crippen molar-refractivity contribution >= 4 is 31.9 Å². The van der Waals surface area contributed by atoms with E-state index in [0.29, 0.717) is 5.92 Å². The summed E-state index contributed by atoms with van der Waals surface area (Å²) in [5.41, 5.74) is 3.53. The number of hydrogen-bond acceptors (Lipinski definition) is 1. The molecule has 0 amide bonds. The van der Waals surface area contributed by atoms with Gasteiger partial charge in [0, 0.05) is 8.95 Å². The van der Waals surface area contributed by atoms with Crippen LogP contribution in [0, 0.1) is 6.92 Å². The Morgan fingerprint density at radius 2 is 1.93 bits per heavy atom. The molecule has 1 aliphatic rings. The maximum atomic E-state index is 10.1. The summed E-state index contributed by atoms with van der Waals surface area (Å²) in [6, 6.07) is 2.12. The molecule has 1 N–H and O–H groups in total. The smallest absolute Gasteiger partial charge is 0.0804 e. The van der Waals surface area contributed by atoms with Gasteiger partial charge >= 0.3 is 0 Å². The number of rotatable bonds is 0. The van der Waals surface area contributed by atoms with Gasteiger partial charge in [-0.2, -0.15) is 0 Å². The van der Waals surface area contributed by atoms with Gasteiger partial charge in [0.05, 0.1) is 6.10 Å². The summed E-state index contributed by atoms with van der Waals surface area (Å²) < 4.78 is 2.20. The van der Waals surface area contributed by atoms with E-state index in [0.717, 1.165) is 27.4 Å². The van der Waals surface area contributed by atoms with E-state index >= 15 is 0 Å². The second kappa shape index (κ2) is 4.19. The van der Waals surface area contributed by atoms with E-state index in [1.165, 1.54) is 11.1 Å². The first-order valence-electron chi connectivity index (χ1n) is 5.18. The molecule has 1 nitrogen and oxygen atoms in total. The Hall–Kier alpha value is 0.140. The van der Waals surface area contributed by atoms with Crippen LogP contribution in [0.3, 0.4) is 0 Å². The molecule has 0 radical (unpaired) electrons. The molecule has 1 aromatic rings. The maximum Gasteiger partial charge on any atom is 0.0804 e. The van der Waals surface area contributed by atoms with Gasteiger partial charge in [-0.1, -0.05) is 38.8 Å². The number of halogens is 2. The third-order valence-corrected chi connectivity index (χ3v) is 4.88. The average molecular weight is 334 g/mol. The van der Waals surface area contributed by atoms with Gasteiger partial charge in [-0.15, -0.1) is 0 Å². The molecule has 0 spiro atoms. The van der Waals surface area contributed by atoms with Crippen molar-refractivity contribution in [1.82, 2.24) is 0 Å². The highest BCUT2D eigenvalue weighted by Crippen LogP contribution is 2.45. The van der Waals surface area contributed by atoms with Crippen LogP contribution < -0.4 is 0 Å². The standard InChI is InChI=1S/C12H14Br2O/c1-6-3-4-9(15)11-10(6)8(13)5-7(2)12(11)14/h5-6,9,15H,3-4H2,1-2H3/t6?,9-/m1/s1. The zero-order chi connectivity index (χ0) is 11.2. The van der Waals surface area contributed by atoms with Crippen molar-refractivity contribution in [3.63, 3.8) is 0 Å². The predicted molar refractivity (Wildman–Crippen MR) is 69.2 cm³/mol. The van der Waals surface area contributed by atoms with Gasteiger partial charge < -0.3 is 5.11 Å². The normalized spacial score (nSPS) is 25.1. The molecule has 0 saturated heterocycles. The molecule has 0 aromatic heterocycles. The molecular formula is C12H14Br2O. The number of aliphatic hydroxyl groups is 1. The van der Waals surface area contributed by atoms with Crippen LogP contribution in [-0.2, 0) is 0 Å². The molecule has 3 heteroatoms. The minimum Gasteiger partial charge on any atom is -0.388 e. The number of aliphatic hydroxyl groups excluding tert-OH is 1. The zero-order valence-corrected chi connectivity index (χ0v) is 12.0. The van der Waals surface area contributed by atoms with Gasteiger partial charge in [0.2, 0.25) is 0 Å². The van der Waals surface area contributed by atoms with Crippen molar-refractivity contribution in [3.05, 3.63) is 31.7 Å². The maximum absolute atomic E-state index is 10.1. The zero-order valence-electron chi connectivity index (χ0n) is 8.85. The molecule has 1 aromatic carbocycles. The summed E-state index contributed by atoms with van der Waals surface area (Å²) in [6.07, 6.45) is 1.60. The van der Waals surface area contributed by atoms with Crippen LogP contribution in [0.2, 0.25) is 0 Å². The highest BCUT2D eigenvalue weighted by molar-refractivity contribution is 9.11. The van der Waals surface area contributed by atoms with Crippen LogP contribution >= 0.6 is 31.9 Å². The van der Waals surface area contributed by atoms with Crippen molar-refractivity contribution in [3.8, 4) is 0 Å². The summed E-state index contributed by atoms with van der Waals surface area (Å²) in [4.78, 5) is 0. The minimum absolute atomic E-state index is 0.318. The quantitative estimate of drug-likeness (QED) is 0.743. The first kappa shape index (κ1) is 11.6. The molecule has 2 atom stereocenters. The number of fused-ring (bicyclic) bond motifs is 1. The largest absolute Gasteiger partial charge is 0.388 e. The van der Waals surface area contributed by atoms with Gasteiger partial charge in [0.1, 0.15) is 0 Å². The SMILES string of the molecule is Cc1cc(Br)c2c(c1Br)[C@H](O)CCC2C. The summed E-state index contributed by atoms with van der Waals surface area (Å²) in [5, 5.41) is 10.1. The molecule has 0 aliphatic heterocycles. The Balaban J connectivity index is 2.71. The van der Waals surface area contributed by atoms with Gasteiger partial charge in [-0.3, -0.25) is 0 Å². The van der Waals surface area contributed by atoms with Gasteiger partial charge in [0.25, 0.3) is 0 Å². The van der Waals surface area contributed by atoms with Crippen LogP contribution in [-0.4, -0.2) is 5.11 Å². The van der Waals surface area contributed by atoms with Crippen LogP contribution in [0.4, 0.5) is 0 Å². The molecule has 82 valence electrons. The second-order valence-corrected chi connectivity index (χ2v) is 5.96.